The van der Waals surface area contributed by atoms with Crippen LogP contribution in [0.15, 0.2) is 30.3 Å². The van der Waals surface area contributed by atoms with E-state index in [9.17, 15) is 29.1 Å². The molecule has 0 aromatic heterocycles. The van der Waals surface area contributed by atoms with Crippen LogP contribution >= 0.6 is 0 Å². The van der Waals surface area contributed by atoms with E-state index >= 15 is 0 Å². The van der Waals surface area contributed by atoms with Crippen LogP contribution in [0.2, 0.25) is 0 Å². The van der Waals surface area contributed by atoms with E-state index in [1.54, 1.807) is 13.8 Å². The number of carbonyl (C=O) groups is 5. The maximum atomic E-state index is 13.8. The fourth-order valence-electron chi connectivity index (χ4n) is 6.17. The molecule has 1 saturated carbocycles. The first-order valence-electron chi connectivity index (χ1n) is 18.3. The minimum absolute atomic E-state index is 0.110. The van der Waals surface area contributed by atoms with E-state index in [1.165, 1.54) is 0 Å². The standard InChI is InChI=1S/C38H63N5O6/c1-9-26(8)35(38(49)39-28-17-13-14-18-28)42-33(46)22-31(44)29(21-27-15-11-10-12-16-27)41-37(48)34(25(6)7)43-36(47)30(19-23(2)3)40-32(45)20-24(4)5/h10-12,15-16,23-26,28-31,34-35,44H,9,13-14,17-22H2,1-8H3,(H,39,49)(H,40,45)(H,41,48)(H,42,46)(H,43,47)/t26-,29-,30-,31-,34?,35-/m0/s1. The molecule has 11 heteroatoms. The molecule has 0 saturated heterocycles. The van der Waals surface area contributed by atoms with Crippen molar-refractivity contribution in [2.45, 2.75) is 149 Å². The summed E-state index contributed by atoms with van der Waals surface area (Å²) in [5.41, 5.74) is 0.843. The van der Waals surface area contributed by atoms with Gasteiger partial charge < -0.3 is 31.7 Å². The van der Waals surface area contributed by atoms with E-state index in [2.05, 4.69) is 26.6 Å². The molecule has 2 rings (SSSR count). The second kappa shape index (κ2) is 20.9. The van der Waals surface area contributed by atoms with Crippen molar-refractivity contribution in [1.82, 2.24) is 26.6 Å². The Balaban J connectivity index is 2.21. The maximum Gasteiger partial charge on any atom is 0.243 e. The van der Waals surface area contributed by atoms with E-state index < -0.39 is 48.0 Å². The van der Waals surface area contributed by atoms with Crippen molar-refractivity contribution in [2.75, 3.05) is 0 Å². The first-order chi connectivity index (χ1) is 23.1. The number of benzene rings is 1. The van der Waals surface area contributed by atoms with Gasteiger partial charge in [-0.25, -0.2) is 0 Å². The summed E-state index contributed by atoms with van der Waals surface area (Å²) in [6.45, 7) is 15.3. The van der Waals surface area contributed by atoms with Crippen molar-refractivity contribution in [2.24, 2.45) is 23.7 Å². The summed E-state index contributed by atoms with van der Waals surface area (Å²) < 4.78 is 0. The van der Waals surface area contributed by atoms with Crippen molar-refractivity contribution < 1.29 is 29.1 Å². The molecule has 0 spiro atoms. The average Bonchev–Trinajstić information content (AvgIpc) is 3.53. The fourth-order valence-corrected chi connectivity index (χ4v) is 6.17. The zero-order valence-corrected chi connectivity index (χ0v) is 31.0. The average molecular weight is 686 g/mol. The van der Waals surface area contributed by atoms with Gasteiger partial charge in [-0.2, -0.15) is 0 Å². The highest BCUT2D eigenvalue weighted by molar-refractivity contribution is 5.92. The van der Waals surface area contributed by atoms with Gasteiger partial charge in [0, 0.05) is 12.5 Å². The van der Waals surface area contributed by atoms with Gasteiger partial charge in [0.2, 0.25) is 29.5 Å². The first kappa shape index (κ1) is 41.7. The number of carbonyl (C=O) groups excluding carboxylic acids is 5. The largest absolute Gasteiger partial charge is 0.390 e. The Morgan fingerprint density at radius 2 is 1.35 bits per heavy atom. The van der Waals surface area contributed by atoms with Crippen LogP contribution in [0.4, 0.5) is 0 Å². The van der Waals surface area contributed by atoms with Crippen LogP contribution in [0.1, 0.15) is 112 Å². The van der Waals surface area contributed by atoms with E-state index in [-0.39, 0.29) is 60.8 Å². The van der Waals surface area contributed by atoms with Crippen molar-refractivity contribution in [3.05, 3.63) is 35.9 Å². The summed E-state index contributed by atoms with van der Waals surface area (Å²) in [6.07, 6.45) is 3.98. The van der Waals surface area contributed by atoms with Crippen molar-refractivity contribution >= 4 is 29.5 Å². The predicted octanol–water partition coefficient (Wildman–Crippen LogP) is 3.77. The van der Waals surface area contributed by atoms with Crippen LogP contribution in [0.3, 0.4) is 0 Å². The van der Waals surface area contributed by atoms with E-state index in [4.69, 9.17) is 0 Å². The Kier molecular flexibility index (Phi) is 17.8. The van der Waals surface area contributed by atoms with Gasteiger partial charge in [0.05, 0.1) is 18.6 Å². The molecule has 5 amide bonds. The Bertz CT molecular complexity index is 1200. The number of aliphatic hydroxyl groups is 1. The zero-order chi connectivity index (χ0) is 36.7. The molecule has 0 radical (unpaired) electrons. The monoisotopic (exact) mass is 685 g/mol. The molecule has 6 atom stereocenters. The number of hydrogen-bond acceptors (Lipinski definition) is 6. The van der Waals surface area contributed by atoms with E-state index in [1.807, 2.05) is 71.9 Å². The van der Waals surface area contributed by atoms with Crippen LogP contribution in [0.5, 0.6) is 0 Å². The molecule has 11 nitrogen and oxygen atoms in total. The predicted molar refractivity (Wildman–Crippen MR) is 192 cm³/mol. The first-order valence-corrected chi connectivity index (χ1v) is 18.3. The van der Waals surface area contributed by atoms with Gasteiger partial charge >= 0.3 is 0 Å². The lowest BCUT2D eigenvalue weighted by molar-refractivity contribution is -0.134. The Labute approximate surface area is 293 Å². The maximum absolute atomic E-state index is 13.8. The van der Waals surface area contributed by atoms with E-state index in [0.29, 0.717) is 12.8 Å². The molecule has 1 aliphatic rings. The third-order valence-corrected chi connectivity index (χ3v) is 9.20. The number of hydrogen-bond donors (Lipinski definition) is 6. The molecule has 1 fully saturated rings. The smallest absolute Gasteiger partial charge is 0.243 e. The topological polar surface area (TPSA) is 166 Å². The van der Waals surface area contributed by atoms with Crippen LogP contribution in [-0.4, -0.2) is 71.0 Å². The number of aliphatic hydroxyl groups excluding tert-OH is 1. The minimum atomic E-state index is -1.29. The fraction of sp³-hybridized carbons (Fsp3) is 0.711. The molecule has 1 unspecified atom stereocenters. The summed E-state index contributed by atoms with van der Waals surface area (Å²) in [5, 5.41) is 25.9. The van der Waals surface area contributed by atoms with Gasteiger partial charge in [-0.05, 0) is 54.9 Å². The normalized spacial score (nSPS) is 17.1. The SMILES string of the molecule is CC[C@H](C)[C@H](NC(=O)C[C@H](O)[C@H](Cc1ccccc1)NC(=O)C(NC(=O)[C@H](CC(C)C)NC(=O)CC(C)C)C(C)C)C(=O)NC1CCCC1. The molecule has 49 heavy (non-hydrogen) atoms. The van der Waals surface area contributed by atoms with Gasteiger partial charge in [0.1, 0.15) is 18.1 Å². The summed E-state index contributed by atoms with van der Waals surface area (Å²) in [5.74, 6) is -2.08. The van der Waals surface area contributed by atoms with Crippen LogP contribution < -0.4 is 26.6 Å². The molecule has 1 aromatic carbocycles. The Morgan fingerprint density at radius 3 is 1.90 bits per heavy atom. The van der Waals surface area contributed by atoms with Crippen molar-refractivity contribution in [1.29, 1.82) is 0 Å². The van der Waals surface area contributed by atoms with Crippen molar-refractivity contribution in [3.63, 3.8) is 0 Å². The Morgan fingerprint density at radius 1 is 0.735 bits per heavy atom. The number of nitrogens with one attached hydrogen (secondary N) is 5. The lowest BCUT2D eigenvalue weighted by atomic mass is 9.95. The molecule has 1 aliphatic carbocycles. The molecule has 6 N–H and O–H groups in total. The van der Waals surface area contributed by atoms with Gasteiger partial charge in [-0.3, -0.25) is 24.0 Å². The van der Waals surface area contributed by atoms with Crippen molar-refractivity contribution in [3.8, 4) is 0 Å². The molecule has 0 aliphatic heterocycles. The third-order valence-electron chi connectivity index (χ3n) is 9.20. The molecule has 1 aromatic rings. The number of amides is 5. The lowest BCUT2D eigenvalue weighted by Crippen LogP contribution is -2.58. The highest BCUT2D eigenvalue weighted by Crippen LogP contribution is 2.19. The summed E-state index contributed by atoms with van der Waals surface area (Å²) >= 11 is 0. The molecule has 0 bridgehead atoms. The van der Waals surface area contributed by atoms with Crippen LogP contribution in [0, 0.1) is 23.7 Å². The molecular formula is C38H63N5O6. The zero-order valence-electron chi connectivity index (χ0n) is 31.0. The molecular weight excluding hydrogens is 622 g/mol. The molecule has 276 valence electrons. The van der Waals surface area contributed by atoms with Gasteiger partial charge in [-0.15, -0.1) is 0 Å². The van der Waals surface area contributed by atoms with Gasteiger partial charge in [0.25, 0.3) is 0 Å². The second-order valence-corrected chi connectivity index (χ2v) is 15.1. The summed E-state index contributed by atoms with van der Waals surface area (Å²) in [4.78, 5) is 66.4. The molecule has 0 heterocycles. The minimum Gasteiger partial charge on any atom is -0.390 e. The summed E-state index contributed by atoms with van der Waals surface area (Å²) in [6, 6.07) is 6.05. The van der Waals surface area contributed by atoms with Crippen LogP contribution in [0.25, 0.3) is 0 Å². The van der Waals surface area contributed by atoms with E-state index in [0.717, 1.165) is 31.2 Å². The second-order valence-electron chi connectivity index (χ2n) is 15.1. The lowest BCUT2D eigenvalue weighted by Gasteiger charge is -2.30. The van der Waals surface area contributed by atoms with Crippen LogP contribution in [-0.2, 0) is 30.4 Å². The van der Waals surface area contributed by atoms with Gasteiger partial charge in [-0.1, -0.05) is 105 Å². The Hall–Kier alpha value is -3.47. The quantitative estimate of drug-likeness (QED) is 0.122. The third kappa shape index (κ3) is 14.9. The highest BCUT2D eigenvalue weighted by atomic mass is 16.3. The van der Waals surface area contributed by atoms with Gasteiger partial charge in [0.15, 0.2) is 0 Å². The number of rotatable bonds is 20. The summed E-state index contributed by atoms with van der Waals surface area (Å²) in [7, 11) is 0. The highest BCUT2D eigenvalue weighted by Gasteiger charge is 2.34.